The second-order valence-electron chi connectivity index (χ2n) is 16.8. The number of hydrogen-bond acceptors (Lipinski definition) is 12. The average Bonchev–Trinajstić information content (AvgIpc) is 3.96. The van der Waals surface area contributed by atoms with Gasteiger partial charge in [-0.3, -0.25) is 38.9 Å². The number of rotatable bonds is 11. The molecule has 2 N–H and O–H groups in total. The van der Waals surface area contributed by atoms with E-state index in [0.29, 0.717) is 60.9 Å². The molecular formula is C42H49F2N11O6. The second kappa shape index (κ2) is 16.9. The van der Waals surface area contributed by atoms with Crippen LogP contribution in [0.4, 0.5) is 26.0 Å². The lowest BCUT2D eigenvalue weighted by Crippen LogP contribution is -2.54. The third-order valence-corrected chi connectivity index (χ3v) is 12.9. The number of carbonyl (C=O) groups excluding carboxylic acids is 5. The molecule has 5 aliphatic rings. The summed E-state index contributed by atoms with van der Waals surface area (Å²) in [5.41, 5.74) is 1.32. The molecule has 5 amide bonds. The van der Waals surface area contributed by atoms with Crippen molar-refractivity contribution in [3.63, 3.8) is 0 Å². The summed E-state index contributed by atoms with van der Waals surface area (Å²) in [6.07, 6.45) is 7.15. The molecule has 0 spiro atoms. The number of carbonyl (C=O) groups is 5. The number of amides is 5. The van der Waals surface area contributed by atoms with Gasteiger partial charge in [0.25, 0.3) is 24.1 Å². The summed E-state index contributed by atoms with van der Waals surface area (Å²) in [5, 5.41) is 13.4. The number of hydrogen-bond donors (Lipinski definition) is 2. The van der Waals surface area contributed by atoms with Gasteiger partial charge in [-0.2, -0.15) is 10.2 Å². The highest BCUT2D eigenvalue weighted by Gasteiger charge is 2.46. The number of nitrogens with zero attached hydrogens (tertiary/aromatic N) is 9. The van der Waals surface area contributed by atoms with E-state index >= 15 is 0 Å². The van der Waals surface area contributed by atoms with Crippen molar-refractivity contribution in [2.24, 2.45) is 11.8 Å². The summed E-state index contributed by atoms with van der Waals surface area (Å²) in [7, 11) is 2.14. The third-order valence-electron chi connectivity index (χ3n) is 12.9. The number of benzene rings is 1. The molecule has 1 unspecified atom stereocenters. The lowest BCUT2D eigenvalue weighted by Gasteiger charge is -2.37. The SMILES string of the molecule is CN(CC1CCC(n2cc(NC(=O)c3cnn4ccc(N5CCOCC5)nc34)c(C(F)F)n2)CC1)CC1CCN(c2cccc3c2C(=O)N(C2CCC(=O)NC2=O)C3=O)CC1. The number of aromatic nitrogens is 5. The molecular weight excluding hydrogens is 793 g/mol. The van der Waals surface area contributed by atoms with Crippen LogP contribution in [0, 0.1) is 11.8 Å². The Kier molecular flexibility index (Phi) is 11.3. The first-order valence-electron chi connectivity index (χ1n) is 21.2. The van der Waals surface area contributed by atoms with Gasteiger partial charge in [-0.1, -0.05) is 6.07 Å². The van der Waals surface area contributed by atoms with Crippen LogP contribution < -0.4 is 20.4 Å². The van der Waals surface area contributed by atoms with E-state index in [1.165, 1.54) is 16.9 Å². The zero-order valence-electron chi connectivity index (χ0n) is 34.0. The Balaban J connectivity index is 0.765. The largest absolute Gasteiger partial charge is 0.378 e. The predicted molar refractivity (Wildman–Crippen MR) is 218 cm³/mol. The van der Waals surface area contributed by atoms with Crippen molar-refractivity contribution in [3.8, 4) is 0 Å². The average molecular weight is 842 g/mol. The number of morpholine rings is 1. The first-order chi connectivity index (χ1) is 29.5. The lowest BCUT2D eigenvalue weighted by molar-refractivity contribution is -0.136. The van der Waals surface area contributed by atoms with Crippen LogP contribution in [0.3, 0.4) is 0 Å². The summed E-state index contributed by atoms with van der Waals surface area (Å²) in [6.45, 7) is 5.76. The van der Waals surface area contributed by atoms with Gasteiger partial charge in [0.2, 0.25) is 11.8 Å². The molecule has 0 bridgehead atoms. The minimum absolute atomic E-state index is 0.0254. The fraction of sp³-hybridized carbons (Fsp3) is 0.524. The summed E-state index contributed by atoms with van der Waals surface area (Å²) in [6, 6.07) is 6.00. The molecule has 3 saturated heterocycles. The van der Waals surface area contributed by atoms with Crippen molar-refractivity contribution in [1.29, 1.82) is 0 Å². The van der Waals surface area contributed by atoms with Crippen molar-refractivity contribution in [2.75, 3.05) is 74.6 Å². The van der Waals surface area contributed by atoms with Crippen LogP contribution in [0.25, 0.3) is 5.65 Å². The van der Waals surface area contributed by atoms with Crippen LogP contribution in [0.1, 0.15) is 101 Å². The second-order valence-corrected chi connectivity index (χ2v) is 16.8. The summed E-state index contributed by atoms with van der Waals surface area (Å²) in [5.74, 6) is -1.05. The zero-order valence-corrected chi connectivity index (χ0v) is 34.0. The van der Waals surface area contributed by atoms with Gasteiger partial charge in [0.05, 0.1) is 48.0 Å². The normalized spacial score (nSPS) is 22.8. The van der Waals surface area contributed by atoms with Gasteiger partial charge in [0.15, 0.2) is 11.3 Å². The van der Waals surface area contributed by atoms with Crippen molar-refractivity contribution < 1.29 is 37.5 Å². The van der Waals surface area contributed by atoms with E-state index in [1.807, 2.05) is 12.1 Å². The molecule has 322 valence electrons. The number of fused-ring (bicyclic) bond motifs is 2. The van der Waals surface area contributed by atoms with Gasteiger partial charge in [-0.25, -0.2) is 18.3 Å². The molecule has 4 fully saturated rings. The summed E-state index contributed by atoms with van der Waals surface area (Å²) >= 11 is 0. The highest BCUT2D eigenvalue weighted by molar-refractivity contribution is 6.25. The molecule has 19 heteroatoms. The molecule has 4 aliphatic heterocycles. The third kappa shape index (κ3) is 8.07. The lowest BCUT2D eigenvalue weighted by atomic mass is 9.85. The van der Waals surface area contributed by atoms with Crippen molar-refractivity contribution in [2.45, 2.75) is 69.9 Å². The van der Waals surface area contributed by atoms with E-state index in [9.17, 15) is 32.8 Å². The molecule has 1 aromatic carbocycles. The maximum Gasteiger partial charge on any atom is 0.284 e. The van der Waals surface area contributed by atoms with Gasteiger partial charge in [-0.05, 0) is 82.0 Å². The van der Waals surface area contributed by atoms with Gasteiger partial charge in [0.1, 0.15) is 17.4 Å². The number of imide groups is 2. The van der Waals surface area contributed by atoms with Crippen LogP contribution in [0.2, 0.25) is 0 Å². The maximum atomic E-state index is 14.3. The number of anilines is 3. The Morgan fingerprint density at radius 3 is 2.39 bits per heavy atom. The Morgan fingerprint density at radius 2 is 1.67 bits per heavy atom. The molecule has 9 rings (SSSR count). The molecule has 0 radical (unpaired) electrons. The molecule has 1 aliphatic carbocycles. The Hall–Kier alpha value is -5.82. The Bertz CT molecular complexity index is 2350. The first kappa shape index (κ1) is 40.6. The number of nitrogens with one attached hydrogen (secondary N) is 2. The van der Waals surface area contributed by atoms with Crippen molar-refractivity contribution in [1.82, 2.24) is 39.5 Å². The van der Waals surface area contributed by atoms with Gasteiger partial charge < -0.3 is 24.8 Å². The molecule has 3 aromatic heterocycles. The van der Waals surface area contributed by atoms with E-state index in [1.54, 1.807) is 23.0 Å². The summed E-state index contributed by atoms with van der Waals surface area (Å²) < 4.78 is 37.1. The van der Waals surface area contributed by atoms with E-state index in [4.69, 9.17) is 4.74 Å². The van der Waals surface area contributed by atoms with E-state index in [0.717, 1.165) is 69.6 Å². The fourth-order valence-electron chi connectivity index (χ4n) is 9.69. The standard InChI is InChI=1S/C42H49F2N11O6/c1-50(23-26-11-14-51(15-12-26)31-4-2-3-28-35(31)42(60)55(41(28)59)32-9-10-34(56)48-40(32)58)22-25-5-7-27(8-6-25)54-24-30(36(49-54)37(43)44)46-39(57)29-21-45-53-16-13-33(47-38(29)53)52-17-19-61-20-18-52/h2-4,13,16,21,24-27,32,37H,5-12,14-15,17-20,22-23H2,1H3,(H,46,57)(H,48,56,58). The fourth-order valence-corrected chi connectivity index (χ4v) is 9.69. The zero-order chi connectivity index (χ0) is 42.4. The molecule has 61 heavy (non-hydrogen) atoms. The minimum Gasteiger partial charge on any atom is -0.378 e. The van der Waals surface area contributed by atoms with Crippen LogP contribution in [0.5, 0.6) is 0 Å². The number of alkyl halides is 2. The van der Waals surface area contributed by atoms with Gasteiger partial charge in [-0.15, -0.1) is 0 Å². The monoisotopic (exact) mass is 841 g/mol. The van der Waals surface area contributed by atoms with Crippen LogP contribution in [-0.2, 0) is 14.3 Å². The van der Waals surface area contributed by atoms with Crippen LogP contribution in [-0.4, -0.2) is 129 Å². The van der Waals surface area contributed by atoms with Gasteiger partial charge >= 0.3 is 0 Å². The van der Waals surface area contributed by atoms with Crippen LogP contribution >= 0.6 is 0 Å². The molecule has 7 heterocycles. The highest BCUT2D eigenvalue weighted by atomic mass is 19.3. The predicted octanol–water partition coefficient (Wildman–Crippen LogP) is 3.93. The molecule has 4 aromatic rings. The minimum atomic E-state index is -2.88. The topological polar surface area (TPSA) is 180 Å². The van der Waals surface area contributed by atoms with Gasteiger partial charge in [0, 0.05) is 58.1 Å². The number of piperidine rings is 2. The quantitative estimate of drug-likeness (QED) is 0.208. The van der Waals surface area contributed by atoms with E-state index in [-0.39, 0.29) is 35.7 Å². The number of halogens is 2. The Labute approximate surface area is 350 Å². The molecule has 17 nitrogen and oxygen atoms in total. The molecule has 1 atom stereocenters. The van der Waals surface area contributed by atoms with Crippen molar-refractivity contribution in [3.05, 3.63) is 65.2 Å². The van der Waals surface area contributed by atoms with Crippen molar-refractivity contribution >= 4 is 52.4 Å². The first-order valence-corrected chi connectivity index (χ1v) is 21.2. The smallest absolute Gasteiger partial charge is 0.284 e. The number of ether oxygens (including phenoxy) is 1. The van der Waals surface area contributed by atoms with E-state index < -0.39 is 47.7 Å². The Morgan fingerprint density at radius 1 is 0.934 bits per heavy atom. The van der Waals surface area contributed by atoms with E-state index in [2.05, 4.69) is 47.6 Å². The van der Waals surface area contributed by atoms with Crippen LogP contribution in [0.15, 0.2) is 42.9 Å². The highest BCUT2D eigenvalue weighted by Crippen LogP contribution is 2.38. The molecule has 1 saturated carbocycles. The summed E-state index contributed by atoms with van der Waals surface area (Å²) in [4.78, 5) is 77.0. The maximum absolute atomic E-state index is 14.3.